The van der Waals surface area contributed by atoms with E-state index in [4.69, 9.17) is 9.72 Å². The van der Waals surface area contributed by atoms with E-state index in [1.54, 1.807) is 7.11 Å². The molecule has 0 saturated carbocycles. The largest absolute Gasteiger partial charge is 0.497 e. The maximum Gasteiger partial charge on any atom is 0.272 e. The standard InChI is InChI=1S/C27H32N4O2/c1-33-23-13-11-22(12-14-23)30-18-15-21(16-19-30)28-27(32)25-24-10-6-3-7-17-31(24)26(29-25)20-8-4-2-5-9-20/h2,4-5,8-9,11-14,21H,3,6-7,10,15-19H2,1H3,(H,28,32). The Labute approximate surface area is 195 Å². The lowest BCUT2D eigenvalue weighted by Crippen LogP contribution is -2.45. The minimum atomic E-state index is -0.0225. The van der Waals surface area contributed by atoms with Crippen LogP contribution in [-0.4, -0.2) is 41.7 Å². The fourth-order valence-electron chi connectivity index (χ4n) is 5.04. The highest BCUT2D eigenvalue weighted by molar-refractivity contribution is 5.94. The van der Waals surface area contributed by atoms with Gasteiger partial charge >= 0.3 is 0 Å². The van der Waals surface area contributed by atoms with Crippen LogP contribution in [0.5, 0.6) is 5.75 Å². The number of benzene rings is 2. The van der Waals surface area contributed by atoms with E-state index in [-0.39, 0.29) is 11.9 Å². The summed E-state index contributed by atoms with van der Waals surface area (Å²) in [5.74, 6) is 1.77. The zero-order valence-corrected chi connectivity index (χ0v) is 19.3. The van der Waals surface area contributed by atoms with Gasteiger partial charge < -0.3 is 19.5 Å². The number of methoxy groups -OCH3 is 1. The van der Waals surface area contributed by atoms with Gasteiger partial charge in [0.15, 0.2) is 0 Å². The van der Waals surface area contributed by atoms with Crippen LogP contribution in [0.3, 0.4) is 0 Å². The van der Waals surface area contributed by atoms with E-state index in [0.29, 0.717) is 5.69 Å². The minimum absolute atomic E-state index is 0.0225. The van der Waals surface area contributed by atoms with E-state index in [1.807, 2.05) is 30.3 Å². The summed E-state index contributed by atoms with van der Waals surface area (Å²) >= 11 is 0. The van der Waals surface area contributed by atoms with Crippen LogP contribution in [0.15, 0.2) is 54.6 Å². The number of carbonyl (C=O) groups excluding carboxylic acids is 1. The Balaban J connectivity index is 1.29. The lowest BCUT2D eigenvalue weighted by molar-refractivity contribution is 0.0925. The van der Waals surface area contributed by atoms with Gasteiger partial charge in [-0.05, 0) is 56.4 Å². The predicted octanol–water partition coefficient (Wildman–Crippen LogP) is 4.68. The number of anilines is 1. The smallest absolute Gasteiger partial charge is 0.272 e. The van der Waals surface area contributed by atoms with E-state index in [9.17, 15) is 4.79 Å². The Kier molecular flexibility index (Phi) is 6.33. The van der Waals surface area contributed by atoms with Gasteiger partial charge in [0.05, 0.1) is 12.8 Å². The number of ether oxygens (including phenoxy) is 1. The third-order valence-corrected chi connectivity index (χ3v) is 6.88. The molecule has 0 aliphatic carbocycles. The number of imidazole rings is 1. The van der Waals surface area contributed by atoms with Crippen molar-refractivity contribution in [1.82, 2.24) is 14.9 Å². The first kappa shape index (κ1) is 21.6. The number of carbonyl (C=O) groups is 1. The maximum atomic E-state index is 13.3. The molecular formula is C27H32N4O2. The van der Waals surface area contributed by atoms with Crippen LogP contribution in [-0.2, 0) is 13.0 Å². The average molecular weight is 445 g/mol. The van der Waals surface area contributed by atoms with E-state index < -0.39 is 0 Å². The lowest BCUT2D eigenvalue weighted by atomic mass is 10.0. The fraction of sp³-hybridized carbons (Fsp3) is 0.407. The maximum absolute atomic E-state index is 13.3. The van der Waals surface area contributed by atoms with Crippen molar-refractivity contribution < 1.29 is 9.53 Å². The third kappa shape index (κ3) is 4.61. The normalized spacial score (nSPS) is 16.7. The topological polar surface area (TPSA) is 59.4 Å². The monoisotopic (exact) mass is 444 g/mol. The first-order chi connectivity index (χ1) is 16.2. The molecule has 1 fully saturated rings. The third-order valence-electron chi connectivity index (χ3n) is 6.88. The van der Waals surface area contributed by atoms with Gasteiger partial charge in [0, 0.05) is 36.9 Å². The summed E-state index contributed by atoms with van der Waals surface area (Å²) in [6.45, 7) is 2.78. The van der Waals surface area contributed by atoms with Crippen LogP contribution in [0, 0.1) is 0 Å². The molecule has 5 rings (SSSR count). The van der Waals surface area contributed by atoms with Crippen molar-refractivity contribution >= 4 is 11.6 Å². The van der Waals surface area contributed by atoms with Crippen molar-refractivity contribution in [3.63, 3.8) is 0 Å². The van der Waals surface area contributed by atoms with E-state index in [0.717, 1.165) is 74.6 Å². The Hall–Kier alpha value is -3.28. The van der Waals surface area contributed by atoms with Crippen molar-refractivity contribution in [2.75, 3.05) is 25.1 Å². The second-order valence-corrected chi connectivity index (χ2v) is 8.99. The second kappa shape index (κ2) is 9.69. The van der Waals surface area contributed by atoms with Gasteiger partial charge in [-0.3, -0.25) is 4.79 Å². The Morgan fingerprint density at radius 3 is 2.45 bits per heavy atom. The molecule has 0 atom stereocenters. The Morgan fingerprint density at radius 2 is 1.73 bits per heavy atom. The summed E-state index contributed by atoms with van der Waals surface area (Å²) < 4.78 is 7.54. The number of aromatic nitrogens is 2. The first-order valence-electron chi connectivity index (χ1n) is 12.1. The number of hydrogen-bond donors (Lipinski definition) is 1. The molecule has 1 N–H and O–H groups in total. The molecule has 1 saturated heterocycles. The molecule has 1 aromatic heterocycles. The van der Waals surface area contributed by atoms with Crippen LogP contribution < -0.4 is 15.0 Å². The van der Waals surface area contributed by atoms with E-state index in [1.165, 1.54) is 12.1 Å². The predicted molar refractivity (Wildman–Crippen MR) is 131 cm³/mol. The summed E-state index contributed by atoms with van der Waals surface area (Å²) in [7, 11) is 1.69. The number of fused-ring (bicyclic) bond motifs is 1. The fourth-order valence-corrected chi connectivity index (χ4v) is 5.04. The summed E-state index contributed by atoms with van der Waals surface area (Å²) in [5.41, 5.74) is 3.99. The number of nitrogens with one attached hydrogen (secondary N) is 1. The van der Waals surface area contributed by atoms with Crippen molar-refractivity contribution in [2.24, 2.45) is 0 Å². The van der Waals surface area contributed by atoms with Gasteiger partial charge in [0.1, 0.15) is 17.3 Å². The van der Waals surface area contributed by atoms with Gasteiger partial charge in [0.25, 0.3) is 5.91 Å². The van der Waals surface area contributed by atoms with E-state index >= 15 is 0 Å². The van der Waals surface area contributed by atoms with Crippen LogP contribution in [0.25, 0.3) is 11.4 Å². The Bertz CT molecular complexity index is 1080. The Morgan fingerprint density at radius 1 is 0.970 bits per heavy atom. The molecule has 172 valence electrons. The second-order valence-electron chi connectivity index (χ2n) is 8.99. The summed E-state index contributed by atoms with van der Waals surface area (Å²) in [6.07, 6.45) is 6.21. The summed E-state index contributed by atoms with van der Waals surface area (Å²) in [6, 6.07) is 18.6. The number of hydrogen-bond acceptors (Lipinski definition) is 4. The number of nitrogens with zero attached hydrogens (tertiary/aromatic N) is 3. The summed E-state index contributed by atoms with van der Waals surface area (Å²) in [5, 5.41) is 3.30. The molecule has 0 unspecified atom stereocenters. The highest BCUT2D eigenvalue weighted by atomic mass is 16.5. The van der Waals surface area contributed by atoms with E-state index in [2.05, 4.69) is 39.0 Å². The molecule has 3 aromatic rings. The van der Waals surface area contributed by atoms with Crippen molar-refractivity contribution in [3.8, 4) is 17.1 Å². The number of piperidine rings is 1. The molecule has 0 spiro atoms. The van der Waals surface area contributed by atoms with Crippen LogP contribution in [0.1, 0.15) is 48.3 Å². The van der Waals surface area contributed by atoms with Gasteiger partial charge in [-0.15, -0.1) is 0 Å². The molecule has 1 amide bonds. The quantitative estimate of drug-likeness (QED) is 0.621. The molecule has 6 heteroatoms. The van der Waals surface area contributed by atoms with Crippen LogP contribution in [0.2, 0.25) is 0 Å². The van der Waals surface area contributed by atoms with Gasteiger partial charge in [-0.2, -0.15) is 0 Å². The number of amides is 1. The minimum Gasteiger partial charge on any atom is -0.497 e. The highest BCUT2D eigenvalue weighted by Gasteiger charge is 2.27. The van der Waals surface area contributed by atoms with Crippen molar-refractivity contribution in [2.45, 2.75) is 51.1 Å². The van der Waals surface area contributed by atoms with Gasteiger partial charge in [-0.1, -0.05) is 36.8 Å². The first-order valence-corrected chi connectivity index (χ1v) is 12.1. The SMILES string of the molecule is COc1ccc(N2CCC(NC(=O)c3nc(-c4ccccc4)n4c3CCCCC4)CC2)cc1. The van der Waals surface area contributed by atoms with Gasteiger partial charge in [-0.25, -0.2) is 4.98 Å². The van der Waals surface area contributed by atoms with Crippen molar-refractivity contribution in [1.29, 1.82) is 0 Å². The molecule has 2 aromatic carbocycles. The van der Waals surface area contributed by atoms with Crippen molar-refractivity contribution in [3.05, 3.63) is 66.0 Å². The van der Waals surface area contributed by atoms with Gasteiger partial charge in [0.2, 0.25) is 0 Å². The highest BCUT2D eigenvalue weighted by Crippen LogP contribution is 2.28. The summed E-state index contributed by atoms with van der Waals surface area (Å²) in [4.78, 5) is 20.6. The molecule has 33 heavy (non-hydrogen) atoms. The zero-order valence-electron chi connectivity index (χ0n) is 19.3. The average Bonchev–Trinajstić information content (AvgIpc) is 3.06. The molecular weight excluding hydrogens is 412 g/mol. The molecule has 3 heterocycles. The molecule has 0 bridgehead atoms. The van der Waals surface area contributed by atoms with Crippen LogP contribution in [0.4, 0.5) is 5.69 Å². The lowest BCUT2D eigenvalue weighted by Gasteiger charge is -2.34. The molecule has 0 radical (unpaired) electrons. The molecule has 6 nitrogen and oxygen atoms in total. The van der Waals surface area contributed by atoms with Crippen LogP contribution >= 0.6 is 0 Å². The molecule has 2 aliphatic rings. The molecule has 2 aliphatic heterocycles. The number of rotatable bonds is 5. The zero-order chi connectivity index (χ0) is 22.6.